The molecule has 0 aliphatic rings. The molecule has 2 heterocycles. The van der Waals surface area contributed by atoms with E-state index in [1.54, 1.807) is 29.8 Å². The Bertz CT molecular complexity index is 599. The summed E-state index contributed by atoms with van der Waals surface area (Å²) in [5.74, 6) is -2.35. The van der Waals surface area contributed by atoms with Crippen LogP contribution in [0.2, 0.25) is 0 Å². The van der Waals surface area contributed by atoms with Crippen molar-refractivity contribution >= 4 is 17.3 Å². The van der Waals surface area contributed by atoms with Crippen LogP contribution in [0.1, 0.15) is 21.7 Å². The summed E-state index contributed by atoms with van der Waals surface area (Å²) in [5.41, 5.74) is 2.34. The highest BCUT2D eigenvalue weighted by atomic mass is 16.4. The normalized spacial score (nSPS) is 10.6. The van der Waals surface area contributed by atoms with E-state index in [2.05, 4.69) is 4.98 Å². The molecule has 0 fully saturated rings. The maximum absolute atomic E-state index is 11.5. The summed E-state index contributed by atoms with van der Waals surface area (Å²) in [6.07, 6.45) is 3.13. The van der Waals surface area contributed by atoms with E-state index in [0.29, 0.717) is 5.56 Å². The Labute approximate surface area is 91.3 Å². The number of aliphatic carboxylic acids is 1. The minimum atomic E-state index is -1.45. The number of hydrogen-bond donors (Lipinski definition) is 1. The summed E-state index contributed by atoms with van der Waals surface area (Å²) >= 11 is 0. The lowest BCUT2D eigenvalue weighted by Gasteiger charge is -2.01. The Morgan fingerprint density at radius 2 is 2.06 bits per heavy atom. The zero-order chi connectivity index (χ0) is 11.9. The molecule has 2 aromatic heterocycles. The van der Waals surface area contributed by atoms with E-state index in [1.165, 1.54) is 0 Å². The SMILES string of the molecule is Cc1cc2c(C)nccn2c1C(=O)C(=O)O. The summed E-state index contributed by atoms with van der Waals surface area (Å²) < 4.78 is 1.56. The van der Waals surface area contributed by atoms with Gasteiger partial charge in [0, 0.05) is 12.4 Å². The Balaban J connectivity index is 2.80. The van der Waals surface area contributed by atoms with Gasteiger partial charge in [0.2, 0.25) is 0 Å². The molecule has 2 aromatic rings. The lowest BCUT2D eigenvalue weighted by molar-refractivity contribution is -0.131. The van der Waals surface area contributed by atoms with Crippen LogP contribution in [0.4, 0.5) is 0 Å². The highest BCUT2D eigenvalue weighted by molar-refractivity contribution is 6.39. The number of aromatic nitrogens is 2. The van der Waals surface area contributed by atoms with Crippen molar-refractivity contribution in [3.63, 3.8) is 0 Å². The van der Waals surface area contributed by atoms with Crippen LogP contribution in [0.3, 0.4) is 0 Å². The second-order valence-electron chi connectivity index (χ2n) is 3.58. The first kappa shape index (κ1) is 10.4. The average molecular weight is 218 g/mol. The number of aryl methyl sites for hydroxylation is 2. The van der Waals surface area contributed by atoms with Gasteiger partial charge in [-0.05, 0) is 25.5 Å². The molecule has 0 saturated carbocycles. The first-order valence-electron chi connectivity index (χ1n) is 4.73. The van der Waals surface area contributed by atoms with E-state index in [-0.39, 0.29) is 5.69 Å². The van der Waals surface area contributed by atoms with Crippen LogP contribution < -0.4 is 0 Å². The molecule has 0 radical (unpaired) electrons. The predicted molar refractivity (Wildman–Crippen MR) is 56.6 cm³/mol. The molecule has 0 aliphatic carbocycles. The third kappa shape index (κ3) is 1.37. The van der Waals surface area contributed by atoms with Gasteiger partial charge in [-0.2, -0.15) is 0 Å². The minimum absolute atomic E-state index is 0.188. The zero-order valence-electron chi connectivity index (χ0n) is 8.89. The fourth-order valence-corrected chi connectivity index (χ4v) is 1.75. The van der Waals surface area contributed by atoms with E-state index in [0.717, 1.165) is 11.2 Å². The molecule has 1 N–H and O–H groups in total. The Hall–Kier alpha value is -2.17. The van der Waals surface area contributed by atoms with Gasteiger partial charge in [0.1, 0.15) is 5.69 Å². The van der Waals surface area contributed by atoms with E-state index in [4.69, 9.17) is 5.11 Å². The van der Waals surface area contributed by atoms with Gasteiger partial charge in [-0.25, -0.2) is 4.79 Å². The van der Waals surface area contributed by atoms with Gasteiger partial charge in [0.15, 0.2) is 0 Å². The molecule has 0 bridgehead atoms. The van der Waals surface area contributed by atoms with Crippen molar-refractivity contribution in [2.24, 2.45) is 0 Å². The molecule has 0 aliphatic heterocycles. The smallest absolute Gasteiger partial charge is 0.378 e. The summed E-state index contributed by atoms with van der Waals surface area (Å²) in [4.78, 5) is 26.3. The fourth-order valence-electron chi connectivity index (χ4n) is 1.75. The van der Waals surface area contributed by atoms with Crippen LogP contribution in [-0.2, 0) is 4.79 Å². The topological polar surface area (TPSA) is 71.7 Å². The average Bonchev–Trinajstić information content (AvgIpc) is 2.55. The van der Waals surface area contributed by atoms with Gasteiger partial charge in [-0.1, -0.05) is 0 Å². The molecule has 5 nitrogen and oxygen atoms in total. The lowest BCUT2D eigenvalue weighted by Crippen LogP contribution is -2.16. The van der Waals surface area contributed by atoms with Gasteiger partial charge < -0.3 is 9.51 Å². The van der Waals surface area contributed by atoms with Crippen molar-refractivity contribution in [3.8, 4) is 0 Å². The number of carboxylic acids is 1. The number of carboxylic acid groups (broad SMARTS) is 1. The number of nitrogens with zero attached hydrogens (tertiary/aromatic N) is 2. The van der Waals surface area contributed by atoms with Crippen LogP contribution in [0.5, 0.6) is 0 Å². The van der Waals surface area contributed by atoms with E-state index in [1.807, 2.05) is 6.92 Å². The Morgan fingerprint density at radius 1 is 1.38 bits per heavy atom. The Kier molecular flexibility index (Phi) is 2.23. The molecule has 0 spiro atoms. The zero-order valence-corrected chi connectivity index (χ0v) is 8.89. The number of hydrogen-bond acceptors (Lipinski definition) is 3. The summed E-state index contributed by atoms with van der Waals surface area (Å²) in [7, 11) is 0. The number of rotatable bonds is 2. The van der Waals surface area contributed by atoms with Gasteiger partial charge in [0.05, 0.1) is 11.2 Å². The van der Waals surface area contributed by atoms with Gasteiger partial charge in [0.25, 0.3) is 5.78 Å². The Morgan fingerprint density at radius 3 is 2.69 bits per heavy atom. The number of carbonyl (C=O) groups is 2. The van der Waals surface area contributed by atoms with Crippen LogP contribution in [0, 0.1) is 13.8 Å². The molecular weight excluding hydrogens is 208 g/mol. The molecule has 0 amide bonds. The van der Waals surface area contributed by atoms with Gasteiger partial charge >= 0.3 is 5.97 Å². The largest absolute Gasteiger partial charge is 0.475 e. The van der Waals surface area contributed by atoms with Crippen molar-refractivity contribution in [2.75, 3.05) is 0 Å². The third-order valence-corrected chi connectivity index (χ3v) is 2.49. The first-order chi connectivity index (χ1) is 7.52. The standard InChI is InChI=1S/C11H10N2O3/c1-6-5-8-7(2)12-3-4-13(8)9(6)10(14)11(15)16/h3-5H,1-2H3,(H,15,16). The molecular formula is C11H10N2O3. The minimum Gasteiger partial charge on any atom is -0.475 e. The fraction of sp³-hybridized carbons (Fsp3) is 0.182. The van der Waals surface area contributed by atoms with Crippen molar-refractivity contribution in [1.82, 2.24) is 9.38 Å². The summed E-state index contributed by atoms with van der Waals surface area (Å²) in [6.45, 7) is 3.52. The van der Waals surface area contributed by atoms with E-state index in [9.17, 15) is 9.59 Å². The van der Waals surface area contributed by atoms with Crippen molar-refractivity contribution < 1.29 is 14.7 Å². The monoisotopic (exact) mass is 218 g/mol. The molecule has 82 valence electrons. The molecule has 0 atom stereocenters. The number of Topliss-reactive ketones (excluding diaryl/α,β-unsaturated/α-hetero) is 1. The lowest BCUT2D eigenvalue weighted by atomic mass is 10.2. The summed E-state index contributed by atoms with van der Waals surface area (Å²) in [6, 6.07) is 1.76. The highest BCUT2D eigenvalue weighted by Crippen LogP contribution is 2.18. The third-order valence-electron chi connectivity index (χ3n) is 2.49. The molecule has 16 heavy (non-hydrogen) atoms. The van der Waals surface area contributed by atoms with Crippen LogP contribution in [0.15, 0.2) is 18.5 Å². The molecule has 0 saturated heterocycles. The van der Waals surface area contributed by atoms with E-state index < -0.39 is 11.8 Å². The van der Waals surface area contributed by atoms with Crippen molar-refractivity contribution in [1.29, 1.82) is 0 Å². The van der Waals surface area contributed by atoms with Gasteiger partial charge in [-0.3, -0.25) is 9.78 Å². The molecule has 5 heteroatoms. The molecule has 2 rings (SSSR count). The van der Waals surface area contributed by atoms with E-state index >= 15 is 0 Å². The predicted octanol–water partition coefficient (Wildman–Crippen LogP) is 1.22. The molecule has 0 unspecified atom stereocenters. The quantitative estimate of drug-likeness (QED) is 0.607. The second kappa shape index (κ2) is 3.44. The second-order valence-corrected chi connectivity index (χ2v) is 3.58. The highest BCUT2D eigenvalue weighted by Gasteiger charge is 2.21. The first-order valence-corrected chi connectivity index (χ1v) is 4.73. The molecule has 0 aromatic carbocycles. The van der Waals surface area contributed by atoms with Crippen LogP contribution in [-0.4, -0.2) is 26.2 Å². The van der Waals surface area contributed by atoms with Crippen LogP contribution >= 0.6 is 0 Å². The number of ketones is 1. The maximum Gasteiger partial charge on any atom is 0.378 e. The van der Waals surface area contributed by atoms with Crippen molar-refractivity contribution in [2.45, 2.75) is 13.8 Å². The van der Waals surface area contributed by atoms with Crippen LogP contribution in [0.25, 0.3) is 5.52 Å². The van der Waals surface area contributed by atoms with Crippen molar-refractivity contribution in [3.05, 3.63) is 35.4 Å². The van der Waals surface area contributed by atoms with Gasteiger partial charge in [-0.15, -0.1) is 0 Å². The number of carbonyl (C=O) groups excluding carboxylic acids is 1. The number of fused-ring (bicyclic) bond motifs is 1. The maximum atomic E-state index is 11.5. The summed E-state index contributed by atoms with van der Waals surface area (Å²) in [5, 5.41) is 8.73.